The molecule has 0 spiro atoms. The van der Waals surface area contributed by atoms with Crippen molar-refractivity contribution in [3.05, 3.63) is 109 Å². The van der Waals surface area contributed by atoms with Gasteiger partial charge in [-0.25, -0.2) is 0 Å². The Labute approximate surface area is 255 Å². The van der Waals surface area contributed by atoms with Crippen LogP contribution in [0, 0.1) is 0 Å². The molecule has 1 aliphatic rings. The highest BCUT2D eigenvalue weighted by Gasteiger charge is 2.53. The van der Waals surface area contributed by atoms with Crippen LogP contribution in [0.2, 0.25) is 5.04 Å². The van der Waals surface area contributed by atoms with Gasteiger partial charge in [0.1, 0.15) is 18.3 Å². The van der Waals surface area contributed by atoms with Crippen molar-refractivity contribution in [2.24, 2.45) is 0 Å². The fourth-order valence-corrected chi connectivity index (χ4v) is 10.5. The lowest BCUT2D eigenvalue weighted by Gasteiger charge is -2.47. The van der Waals surface area contributed by atoms with Gasteiger partial charge >= 0.3 is 5.97 Å². The van der Waals surface area contributed by atoms with Gasteiger partial charge in [0, 0.05) is 6.92 Å². The fraction of sp³-hybridized carbons (Fsp3) is 0.382. The second kappa shape index (κ2) is 14.6. The molecule has 0 radical (unpaired) electrons. The molecule has 1 fully saturated rings. The molecule has 0 saturated carbocycles. The topological polar surface area (TPSA) is 63.2 Å². The molecular formula is C34H41ClO6Si. The van der Waals surface area contributed by atoms with Crippen LogP contribution < -0.4 is 10.4 Å². The van der Waals surface area contributed by atoms with E-state index in [-0.39, 0.29) is 18.3 Å². The second-order valence-corrected chi connectivity index (χ2v) is 16.2. The highest BCUT2D eigenvalue weighted by molar-refractivity contribution is 6.99. The van der Waals surface area contributed by atoms with Crippen LogP contribution in [0.15, 0.2) is 104 Å². The summed E-state index contributed by atoms with van der Waals surface area (Å²) >= 11 is 6.75. The van der Waals surface area contributed by atoms with Crippen molar-refractivity contribution < 1.29 is 28.2 Å². The van der Waals surface area contributed by atoms with E-state index in [0.29, 0.717) is 6.61 Å². The van der Waals surface area contributed by atoms with Crippen molar-refractivity contribution in [2.45, 2.75) is 69.3 Å². The molecule has 0 bridgehead atoms. The zero-order valence-electron chi connectivity index (χ0n) is 24.8. The van der Waals surface area contributed by atoms with Gasteiger partial charge in [0.2, 0.25) is 0 Å². The smallest absolute Gasteiger partial charge is 0.303 e. The Morgan fingerprint density at radius 1 is 0.881 bits per heavy atom. The number of esters is 1. The van der Waals surface area contributed by atoms with Crippen molar-refractivity contribution in [3.63, 3.8) is 0 Å². The summed E-state index contributed by atoms with van der Waals surface area (Å²) in [6.07, 6.45) is -1.21. The molecule has 8 heteroatoms. The maximum Gasteiger partial charge on any atom is 0.303 e. The molecule has 0 aliphatic carbocycles. The Balaban J connectivity index is 1.73. The Bertz CT molecular complexity index is 1230. The van der Waals surface area contributed by atoms with E-state index in [2.05, 4.69) is 75.9 Å². The molecule has 224 valence electrons. The maximum absolute atomic E-state index is 12.1. The highest BCUT2D eigenvalue weighted by atomic mass is 35.5. The van der Waals surface area contributed by atoms with Crippen LogP contribution in [0.5, 0.6) is 0 Å². The average Bonchev–Trinajstić information content (AvgIpc) is 2.98. The van der Waals surface area contributed by atoms with E-state index in [4.69, 9.17) is 35.0 Å². The molecule has 1 saturated heterocycles. The summed E-state index contributed by atoms with van der Waals surface area (Å²) in [5.41, 5.74) is 0.0247. The van der Waals surface area contributed by atoms with Crippen molar-refractivity contribution >= 4 is 36.3 Å². The van der Waals surface area contributed by atoms with Crippen LogP contribution in [0.4, 0.5) is 0 Å². The molecule has 42 heavy (non-hydrogen) atoms. The van der Waals surface area contributed by atoms with E-state index in [0.717, 1.165) is 15.9 Å². The quantitative estimate of drug-likeness (QED) is 0.115. The predicted octanol–water partition coefficient (Wildman–Crippen LogP) is 5.62. The molecule has 0 amide bonds. The van der Waals surface area contributed by atoms with E-state index in [9.17, 15) is 4.79 Å². The fourth-order valence-electron chi connectivity index (χ4n) is 5.62. The maximum atomic E-state index is 12.1. The lowest BCUT2D eigenvalue weighted by atomic mass is 9.99. The number of hydrogen-bond acceptors (Lipinski definition) is 6. The third kappa shape index (κ3) is 7.40. The zero-order valence-corrected chi connectivity index (χ0v) is 26.5. The van der Waals surface area contributed by atoms with Gasteiger partial charge in [-0.05, 0) is 21.0 Å². The SMILES string of the molecule is C=CCO[C@@H]1[C@@H](OC(C)=O)[C@@H](Cl)O[C@H](CO[Si](c2ccccc2)(c2ccccc2)C(C)(C)C)[C@H]1OCc1ccccc1. The first kappa shape index (κ1) is 32.1. The van der Waals surface area contributed by atoms with Crippen molar-refractivity contribution in [3.8, 4) is 0 Å². The molecule has 4 rings (SSSR count). The minimum absolute atomic E-state index is 0.191. The molecule has 6 nitrogen and oxygen atoms in total. The molecule has 5 atom stereocenters. The van der Waals surface area contributed by atoms with Crippen molar-refractivity contribution in [1.29, 1.82) is 0 Å². The molecule has 0 unspecified atom stereocenters. The van der Waals surface area contributed by atoms with Crippen LogP contribution in [-0.4, -0.2) is 57.5 Å². The lowest BCUT2D eigenvalue weighted by Crippen LogP contribution is -2.68. The monoisotopic (exact) mass is 608 g/mol. The van der Waals surface area contributed by atoms with Gasteiger partial charge in [-0.1, -0.05) is 129 Å². The van der Waals surface area contributed by atoms with Crippen LogP contribution >= 0.6 is 11.6 Å². The average molecular weight is 609 g/mol. The molecule has 1 aliphatic heterocycles. The Morgan fingerprint density at radius 2 is 1.43 bits per heavy atom. The molecule has 3 aromatic rings. The molecule has 0 aromatic heterocycles. The minimum atomic E-state index is -2.88. The summed E-state index contributed by atoms with van der Waals surface area (Å²) in [6, 6.07) is 30.7. The summed E-state index contributed by atoms with van der Waals surface area (Å²) in [5, 5.41) is 2.08. The van der Waals surface area contributed by atoms with E-state index < -0.39 is 44.3 Å². The van der Waals surface area contributed by atoms with Crippen LogP contribution in [0.3, 0.4) is 0 Å². The van der Waals surface area contributed by atoms with Crippen LogP contribution in [0.25, 0.3) is 0 Å². The zero-order chi connectivity index (χ0) is 30.2. The number of carbonyl (C=O) groups is 1. The van der Waals surface area contributed by atoms with Gasteiger partial charge in [0.25, 0.3) is 8.32 Å². The Hall–Kier alpha value is -2.78. The standard InChI is InChI=1S/C34H41ClO6Si/c1-6-22-37-31-30(38-23-26-16-10-7-11-17-26)29(41-33(35)32(31)40-25(2)36)24-39-42(34(3,4)5,27-18-12-8-13-19-27)28-20-14-9-15-21-28/h6-21,29-33H,1,22-24H2,2-5H3/t29-,30-,31+,32-,33+/m1/s1. The third-order valence-corrected chi connectivity index (χ3v) is 12.8. The number of hydrogen-bond donors (Lipinski definition) is 0. The normalized spacial score (nSPS) is 22.8. The predicted molar refractivity (Wildman–Crippen MR) is 169 cm³/mol. The van der Waals surface area contributed by atoms with E-state index in [1.807, 2.05) is 42.5 Å². The molecule has 3 aromatic carbocycles. The first-order valence-corrected chi connectivity index (χ1v) is 16.6. The largest absolute Gasteiger partial charge is 0.456 e. The molecule has 1 heterocycles. The summed E-state index contributed by atoms with van der Waals surface area (Å²) in [5.74, 6) is -0.481. The first-order chi connectivity index (χ1) is 20.2. The number of halogens is 1. The summed E-state index contributed by atoms with van der Waals surface area (Å²) in [7, 11) is -2.88. The van der Waals surface area contributed by atoms with Gasteiger partial charge < -0.3 is 23.4 Å². The Morgan fingerprint density at radius 3 is 1.93 bits per heavy atom. The summed E-state index contributed by atoms with van der Waals surface area (Å²) in [4.78, 5) is 12.1. The van der Waals surface area contributed by atoms with Gasteiger partial charge in [-0.3, -0.25) is 4.79 Å². The number of benzene rings is 3. The van der Waals surface area contributed by atoms with Gasteiger partial charge in [0.05, 0.1) is 19.8 Å². The Kier molecular flexibility index (Phi) is 11.2. The first-order valence-electron chi connectivity index (χ1n) is 14.3. The third-order valence-electron chi connectivity index (χ3n) is 7.45. The van der Waals surface area contributed by atoms with Crippen LogP contribution in [-0.2, 0) is 34.8 Å². The second-order valence-electron chi connectivity index (χ2n) is 11.4. The van der Waals surface area contributed by atoms with Crippen LogP contribution in [0.1, 0.15) is 33.3 Å². The summed E-state index contributed by atoms with van der Waals surface area (Å²) < 4.78 is 31.9. The van der Waals surface area contributed by atoms with E-state index in [1.54, 1.807) is 6.08 Å². The van der Waals surface area contributed by atoms with Crippen molar-refractivity contribution in [2.75, 3.05) is 13.2 Å². The number of ether oxygens (including phenoxy) is 4. The lowest BCUT2D eigenvalue weighted by molar-refractivity contribution is -0.242. The van der Waals surface area contributed by atoms with Gasteiger partial charge in [-0.15, -0.1) is 6.58 Å². The minimum Gasteiger partial charge on any atom is -0.456 e. The highest BCUT2D eigenvalue weighted by Crippen LogP contribution is 2.38. The van der Waals surface area contributed by atoms with Gasteiger partial charge in [-0.2, -0.15) is 0 Å². The van der Waals surface area contributed by atoms with E-state index >= 15 is 0 Å². The van der Waals surface area contributed by atoms with Crippen molar-refractivity contribution in [1.82, 2.24) is 0 Å². The molecular weight excluding hydrogens is 568 g/mol. The van der Waals surface area contributed by atoms with E-state index in [1.165, 1.54) is 6.92 Å². The number of carbonyl (C=O) groups excluding carboxylic acids is 1. The van der Waals surface area contributed by atoms with Gasteiger partial charge in [0.15, 0.2) is 11.7 Å². The summed E-state index contributed by atoms with van der Waals surface area (Å²) in [6.45, 7) is 12.5. The number of alkyl halides is 1. The molecule has 0 N–H and O–H groups in total. The number of rotatable bonds is 12.